The summed E-state index contributed by atoms with van der Waals surface area (Å²) in [6.07, 6.45) is 0. The Kier molecular flexibility index (Phi) is 3.38. The smallest absolute Gasteiger partial charge is 0.243 e. The molecule has 1 heterocycles. The van der Waals surface area contributed by atoms with Crippen LogP contribution in [0.25, 0.3) is 0 Å². The van der Waals surface area contributed by atoms with E-state index in [2.05, 4.69) is 13.8 Å². The molecule has 1 aromatic carbocycles. The number of hydrogen-bond donors (Lipinski definition) is 1. The summed E-state index contributed by atoms with van der Waals surface area (Å²) in [4.78, 5) is 0.298. The van der Waals surface area contributed by atoms with Gasteiger partial charge in [0, 0.05) is 18.8 Å². The number of benzene rings is 1. The lowest BCUT2D eigenvalue weighted by molar-refractivity contribution is 0.463. The zero-order chi connectivity index (χ0) is 13.5. The van der Waals surface area contributed by atoms with E-state index >= 15 is 0 Å². The van der Waals surface area contributed by atoms with E-state index in [1.54, 1.807) is 22.5 Å². The quantitative estimate of drug-likeness (QED) is 0.833. The highest BCUT2D eigenvalue weighted by Gasteiger charge is 2.34. The molecular weight excluding hydrogens is 248 g/mol. The number of hydrogen-bond acceptors (Lipinski definition) is 3. The lowest BCUT2D eigenvalue weighted by atomic mass is 10.0. The number of aryl methyl sites for hydroxylation is 1. The molecule has 4 nitrogen and oxygen atoms in total. The van der Waals surface area contributed by atoms with Crippen LogP contribution in [0.1, 0.15) is 19.4 Å². The minimum atomic E-state index is -3.39. The van der Waals surface area contributed by atoms with Crippen LogP contribution in [0.2, 0.25) is 0 Å². The Bertz CT molecular complexity index is 544. The van der Waals surface area contributed by atoms with Gasteiger partial charge in [-0.1, -0.05) is 19.9 Å². The second-order valence-corrected chi connectivity index (χ2v) is 7.23. The second-order valence-electron chi connectivity index (χ2n) is 5.29. The summed E-state index contributed by atoms with van der Waals surface area (Å²) in [5, 5.41) is 0. The first-order chi connectivity index (χ1) is 8.32. The van der Waals surface area contributed by atoms with E-state index in [1.165, 1.54) is 0 Å². The lowest BCUT2D eigenvalue weighted by Crippen LogP contribution is -2.29. The summed E-state index contributed by atoms with van der Waals surface area (Å²) in [6, 6.07) is 4.94. The fourth-order valence-corrected chi connectivity index (χ4v) is 3.88. The number of anilines is 1. The largest absolute Gasteiger partial charge is 0.398 e. The monoisotopic (exact) mass is 268 g/mol. The lowest BCUT2D eigenvalue weighted by Gasteiger charge is -2.16. The molecule has 1 fully saturated rings. The second kappa shape index (κ2) is 4.55. The summed E-state index contributed by atoms with van der Waals surface area (Å²) < 4.78 is 26.5. The van der Waals surface area contributed by atoms with Gasteiger partial charge in [-0.15, -0.1) is 0 Å². The Morgan fingerprint density at radius 2 is 1.78 bits per heavy atom. The van der Waals surface area contributed by atoms with E-state index in [0.29, 0.717) is 35.5 Å². The summed E-state index contributed by atoms with van der Waals surface area (Å²) >= 11 is 0. The molecular formula is C13H20N2O2S. The average Bonchev–Trinajstić information content (AvgIpc) is 2.64. The third-order valence-corrected chi connectivity index (χ3v) is 5.67. The minimum Gasteiger partial charge on any atom is -0.398 e. The summed E-state index contributed by atoms with van der Waals surface area (Å²) in [5.41, 5.74) is 7.21. The molecule has 0 radical (unpaired) electrons. The Morgan fingerprint density at radius 3 is 2.28 bits per heavy atom. The molecule has 0 spiro atoms. The zero-order valence-electron chi connectivity index (χ0n) is 11.1. The summed E-state index contributed by atoms with van der Waals surface area (Å²) in [7, 11) is -3.39. The van der Waals surface area contributed by atoms with Gasteiger partial charge < -0.3 is 5.73 Å². The van der Waals surface area contributed by atoms with Crippen molar-refractivity contribution in [1.29, 1.82) is 0 Å². The Balaban J connectivity index is 2.34. The molecule has 0 aromatic heterocycles. The normalized spacial score (nSPS) is 25.5. The maximum Gasteiger partial charge on any atom is 0.243 e. The molecule has 0 saturated carbocycles. The third-order valence-electron chi connectivity index (χ3n) is 3.84. The zero-order valence-corrected chi connectivity index (χ0v) is 11.9. The van der Waals surface area contributed by atoms with Gasteiger partial charge in [0.15, 0.2) is 0 Å². The molecule has 0 bridgehead atoms. The van der Waals surface area contributed by atoms with Crippen LogP contribution in [-0.4, -0.2) is 25.8 Å². The van der Waals surface area contributed by atoms with Crippen LogP contribution in [0.4, 0.5) is 5.69 Å². The van der Waals surface area contributed by atoms with Crippen molar-refractivity contribution >= 4 is 15.7 Å². The summed E-state index contributed by atoms with van der Waals surface area (Å²) in [6.45, 7) is 7.23. The summed E-state index contributed by atoms with van der Waals surface area (Å²) in [5.74, 6) is 0.810. The SMILES string of the molecule is Cc1ccc(S(=O)(=O)N2CC(C)C(C)C2)cc1N. The van der Waals surface area contributed by atoms with Gasteiger partial charge in [-0.05, 0) is 36.5 Å². The molecule has 2 unspecified atom stereocenters. The van der Waals surface area contributed by atoms with Gasteiger partial charge in [-0.2, -0.15) is 4.31 Å². The van der Waals surface area contributed by atoms with E-state index in [0.717, 1.165) is 5.56 Å². The third kappa shape index (κ3) is 2.24. The van der Waals surface area contributed by atoms with Gasteiger partial charge in [-0.3, -0.25) is 0 Å². The fourth-order valence-electron chi connectivity index (χ4n) is 2.20. The van der Waals surface area contributed by atoms with Crippen molar-refractivity contribution in [2.45, 2.75) is 25.7 Å². The van der Waals surface area contributed by atoms with Crippen LogP contribution >= 0.6 is 0 Å². The maximum absolute atomic E-state index is 12.5. The molecule has 2 rings (SSSR count). The van der Waals surface area contributed by atoms with Crippen molar-refractivity contribution in [3.63, 3.8) is 0 Å². The molecule has 2 N–H and O–H groups in total. The molecule has 1 saturated heterocycles. The fraction of sp³-hybridized carbons (Fsp3) is 0.538. The molecule has 0 amide bonds. The van der Waals surface area contributed by atoms with E-state index in [4.69, 9.17) is 5.73 Å². The standard InChI is InChI=1S/C13H20N2O2S/c1-9-4-5-12(6-13(9)14)18(16,17)15-7-10(2)11(3)8-15/h4-6,10-11H,7-8,14H2,1-3H3. The van der Waals surface area contributed by atoms with Crippen molar-refractivity contribution in [3.8, 4) is 0 Å². The van der Waals surface area contributed by atoms with Crippen molar-refractivity contribution in [1.82, 2.24) is 4.31 Å². The molecule has 5 heteroatoms. The number of rotatable bonds is 2. The highest BCUT2D eigenvalue weighted by molar-refractivity contribution is 7.89. The van der Waals surface area contributed by atoms with Gasteiger partial charge >= 0.3 is 0 Å². The number of nitrogen functional groups attached to an aromatic ring is 1. The van der Waals surface area contributed by atoms with E-state index in [9.17, 15) is 8.42 Å². The molecule has 1 aromatic rings. The molecule has 100 valence electrons. The first-order valence-corrected chi connectivity index (χ1v) is 7.62. The first-order valence-electron chi connectivity index (χ1n) is 6.18. The predicted molar refractivity (Wildman–Crippen MR) is 72.7 cm³/mol. The number of nitrogens with zero attached hydrogens (tertiary/aromatic N) is 1. The highest BCUT2D eigenvalue weighted by Crippen LogP contribution is 2.29. The van der Waals surface area contributed by atoms with Crippen LogP contribution in [0.15, 0.2) is 23.1 Å². The molecule has 1 aliphatic heterocycles. The van der Waals surface area contributed by atoms with Crippen LogP contribution in [0.5, 0.6) is 0 Å². The van der Waals surface area contributed by atoms with Gasteiger partial charge in [0.1, 0.15) is 0 Å². The van der Waals surface area contributed by atoms with Crippen molar-refractivity contribution in [2.75, 3.05) is 18.8 Å². The highest BCUT2D eigenvalue weighted by atomic mass is 32.2. The van der Waals surface area contributed by atoms with Crippen molar-refractivity contribution < 1.29 is 8.42 Å². The van der Waals surface area contributed by atoms with E-state index in [-0.39, 0.29) is 0 Å². The predicted octanol–water partition coefficient (Wildman–Crippen LogP) is 1.85. The van der Waals surface area contributed by atoms with Crippen LogP contribution in [-0.2, 0) is 10.0 Å². The maximum atomic E-state index is 12.5. The van der Waals surface area contributed by atoms with E-state index < -0.39 is 10.0 Å². The van der Waals surface area contributed by atoms with Crippen molar-refractivity contribution in [3.05, 3.63) is 23.8 Å². The number of nitrogens with two attached hydrogens (primary N) is 1. The van der Waals surface area contributed by atoms with Gasteiger partial charge in [0.05, 0.1) is 4.90 Å². The van der Waals surface area contributed by atoms with Crippen LogP contribution in [0.3, 0.4) is 0 Å². The van der Waals surface area contributed by atoms with Crippen LogP contribution in [0, 0.1) is 18.8 Å². The molecule has 1 aliphatic rings. The van der Waals surface area contributed by atoms with E-state index in [1.807, 2.05) is 6.92 Å². The molecule has 18 heavy (non-hydrogen) atoms. The Hall–Kier alpha value is -1.07. The Morgan fingerprint density at radius 1 is 1.22 bits per heavy atom. The first kappa shape index (κ1) is 13.4. The average molecular weight is 268 g/mol. The van der Waals surface area contributed by atoms with Gasteiger partial charge in [0.25, 0.3) is 0 Å². The van der Waals surface area contributed by atoms with Gasteiger partial charge in [-0.25, -0.2) is 8.42 Å². The molecule has 0 aliphatic carbocycles. The minimum absolute atomic E-state index is 0.298. The van der Waals surface area contributed by atoms with Gasteiger partial charge in [0.2, 0.25) is 10.0 Å². The molecule has 2 atom stereocenters. The topological polar surface area (TPSA) is 63.4 Å². The van der Waals surface area contributed by atoms with Crippen LogP contribution < -0.4 is 5.73 Å². The van der Waals surface area contributed by atoms with Crippen molar-refractivity contribution in [2.24, 2.45) is 11.8 Å². The Labute approximate surface area is 109 Å². The number of sulfonamides is 1.